The number of fused-ring (bicyclic) bond motifs is 2. The minimum absolute atomic E-state index is 0.106. The number of thiol groups is 1. The maximum Gasteiger partial charge on any atom is 0.0859 e. The smallest absolute Gasteiger partial charge is 0.0859 e. The Labute approximate surface area is 121 Å². The topological polar surface area (TPSA) is 56.7 Å². The van der Waals surface area contributed by atoms with Gasteiger partial charge in [-0.2, -0.15) is 12.6 Å². The average molecular weight is 276 g/mol. The molecule has 0 bridgehead atoms. The summed E-state index contributed by atoms with van der Waals surface area (Å²) < 4.78 is 1.93. The van der Waals surface area contributed by atoms with Crippen LogP contribution in [0.2, 0.25) is 5.31 Å². The number of aryl methyl sites for hydroxylation is 1. The first-order valence-corrected chi connectivity index (χ1v) is 7.53. The van der Waals surface area contributed by atoms with Gasteiger partial charge in [-0.1, -0.05) is 5.21 Å². The number of nitrogens with zero attached hydrogens (tertiary/aromatic N) is 3. The molecule has 2 N–H and O–H groups in total. The van der Waals surface area contributed by atoms with Crippen molar-refractivity contribution in [3.05, 3.63) is 11.4 Å². The van der Waals surface area contributed by atoms with Gasteiger partial charge in [-0.05, 0) is 57.3 Å². The average Bonchev–Trinajstić information content (AvgIpc) is 2.69. The molecule has 1 saturated carbocycles. The molecule has 0 saturated heterocycles. The molecule has 6 heteroatoms. The van der Waals surface area contributed by atoms with Gasteiger partial charge >= 0.3 is 0 Å². The first kappa shape index (κ1) is 13.5. The molecule has 0 aliphatic heterocycles. The monoisotopic (exact) mass is 276 g/mol. The first-order valence-electron chi connectivity index (χ1n) is 7.08. The summed E-state index contributed by atoms with van der Waals surface area (Å²) in [7, 11) is 6.52. The van der Waals surface area contributed by atoms with Crippen LogP contribution >= 0.6 is 12.6 Å². The fraction of sp³-hybridized carbons (Fsp3) is 0.846. The van der Waals surface area contributed by atoms with Crippen LogP contribution in [0, 0.1) is 5.92 Å². The van der Waals surface area contributed by atoms with Crippen LogP contribution in [0.4, 0.5) is 0 Å². The van der Waals surface area contributed by atoms with Crippen molar-refractivity contribution in [3.8, 4) is 0 Å². The van der Waals surface area contributed by atoms with Crippen LogP contribution in [0.25, 0.3) is 0 Å². The minimum atomic E-state index is -0.218. The van der Waals surface area contributed by atoms with Crippen LogP contribution in [-0.4, -0.2) is 34.1 Å². The van der Waals surface area contributed by atoms with E-state index in [2.05, 4.69) is 24.2 Å². The van der Waals surface area contributed by atoms with Crippen molar-refractivity contribution in [3.63, 3.8) is 0 Å². The van der Waals surface area contributed by atoms with Crippen LogP contribution in [0.5, 0.6) is 0 Å². The molecule has 3 atom stereocenters. The van der Waals surface area contributed by atoms with Gasteiger partial charge in [-0.15, -0.1) is 5.10 Å². The second-order valence-corrected chi connectivity index (χ2v) is 7.07. The molecule has 102 valence electrons. The Bertz CT molecular complexity index is 503. The van der Waals surface area contributed by atoms with Gasteiger partial charge in [0, 0.05) is 10.8 Å². The SMILES string of the molecule is [B]C12CCc3nnn(C(C)C)c3CCC1(S)[C@H]2CN. The number of hydrogen-bond donors (Lipinski definition) is 2. The van der Waals surface area contributed by atoms with E-state index in [1.54, 1.807) is 0 Å². The van der Waals surface area contributed by atoms with Gasteiger partial charge in [-0.25, -0.2) is 4.68 Å². The zero-order valence-electron chi connectivity index (χ0n) is 11.6. The maximum atomic E-state index is 6.52. The second kappa shape index (κ2) is 4.25. The lowest BCUT2D eigenvalue weighted by molar-refractivity contribution is 0.486. The number of hydrogen-bond acceptors (Lipinski definition) is 4. The third-order valence-electron chi connectivity index (χ3n) is 5.04. The molecule has 2 aliphatic rings. The van der Waals surface area contributed by atoms with Crippen molar-refractivity contribution in [2.45, 2.75) is 55.6 Å². The third-order valence-corrected chi connectivity index (χ3v) is 5.99. The highest BCUT2D eigenvalue weighted by atomic mass is 32.1. The zero-order chi connectivity index (χ0) is 13.8. The van der Waals surface area contributed by atoms with Gasteiger partial charge in [0.25, 0.3) is 0 Å². The lowest BCUT2D eigenvalue weighted by Gasteiger charge is -2.22. The van der Waals surface area contributed by atoms with Crippen LogP contribution in [-0.2, 0) is 12.8 Å². The first-order chi connectivity index (χ1) is 8.94. The minimum Gasteiger partial charge on any atom is -0.330 e. The summed E-state index contributed by atoms with van der Waals surface area (Å²) in [5, 5.41) is 8.40. The lowest BCUT2D eigenvalue weighted by atomic mass is 9.73. The predicted octanol–water partition coefficient (Wildman–Crippen LogP) is 1.32. The molecule has 2 aliphatic carbocycles. The van der Waals surface area contributed by atoms with E-state index in [0.29, 0.717) is 18.5 Å². The Kier molecular flexibility index (Phi) is 3.02. The molecule has 1 heterocycles. The normalized spacial score (nSPS) is 37.4. The molecule has 4 nitrogen and oxygen atoms in total. The van der Waals surface area contributed by atoms with Gasteiger partial charge in [0.2, 0.25) is 0 Å². The van der Waals surface area contributed by atoms with E-state index in [1.807, 2.05) is 4.68 Å². The Hall–Kier alpha value is -0.485. The molecule has 19 heavy (non-hydrogen) atoms. The van der Waals surface area contributed by atoms with Crippen LogP contribution in [0.15, 0.2) is 0 Å². The molecule has 2 radical (unpaired) electrons. The third kappa shape index (κ3) is 1.72. The summed E-state index contributed by atoms with van der Waals surface area (Å²) in [6, 6.07) is 0.346. The number of aromatic nitrogens is 3. The summed E-state index contributed by atoms with van der Waals surface area (Å²) in [4.78, 5) is 0. The molecule has 1 aromatic heterocycles. The van der Waals surface area contributed by atoms with Crippen LogP contribution in [0.1, 0.15) is 44.1 Å². The highest BCUT2D eigenvalue weighted by Gasteiger charge is 2.69. The van der Waals surface area contributed by atoms with Gasteiger partial charge in [0.1, 0.15) is 0 Å². The Balaban J connectivity index is 1.91. The molecule has 1 fully saturated rings. The molecular formula is C13H21BN4S. The fourth-order valence-corrected chi connectivity index (χ4v) is 4.40. The summed E-state index contributed by atoms with van der Waals surface area (Å²) in [6.45, 7) is 4.90. The lowest BCUT2D eigenvalue weighted by Crippen LogP contribution is -2.18. The largest absolute Gasteiger partial charge is 0.330 e. The summed E-state index contributed by atoms with van der Waals surface area (Å²) in [5.41, 5.74) is 8.23. The zero-order valence-corrected chi connectivity index (χ0v) is 12.5. The molecule has 1 aromatic rings. The maximum absolute atomic E-state index is 6.52. The van der Waals surface area contributed by atoms with Crippen LogP contribution < -0.4 is 5.73 Å². The number of rotatable bonds is 2. The van der Waals surface area contributed by atoms with Crippen LogP contribution in [0.3, 0.4) is 0 Å². The quantitative estimate of drug-likeness (QED) is 0.633. The van der Waals surface area contributed by atoms with Crippen molar-refractivity contribution >= 4 is 20.5 Å². The summed E-state index contributed by atoms with van der Waals surface area (Å²) >= 11 is 4.87. The Morgan fingerprint density at radius 2 is 2.21 bits per heavy atom. The van der Waals surface area contributed by atoms with Crippen molar-refractivity contribution in [2.75, 3.05) is 6.54 Å². The standard InChI is InChI=1S/C13H21BN4S/c1-8(2)18-10-4-6-13(19)11(7-15)12(13,14)5-3-9(10)16-17-18/h8,11,19H,3-7,15H2,1-2H3/t11-,12?,13?/m0/s1. The van der Waals surface area contributed by atoms with E-state index < -0.39 is 0 Å². The van der Waals surface area contributed by atoms with Crippen molar-refractivity contribution in [1.29, 1.82) is 0 Å². The predicted molar refractivity (Wildman–Crippen MR) is 79.8 cm³/mol. The van der Waals surface area contributed by atoms with E-state index in [-0.39, 0.29) is 10.1 Å². The highest BCUT2D eigenvalue weighted by Crippen LogP contribution is 2.74. The summed E-state index contributed by atoms with van der Waals surface area (Å²) in [5.74, 6) is 0.327. The van der Waals surface area contributed by atoms with Crippen molar-refractivity contribution < 1.29 is 0 Å². The van der Waals surface area contributed by atoms with E-state index in [9.17, 15) is 0 Å². The van der Waals surface area contributed by atoms with E-state index in [4.69, 9.17) is 26.2 Å². The van der Waals surface area contributed by atoms with Gasteiger partial charge in [-0.3, -0.25) is 0 Å². The summed E-state index contributed by atoms with van der Waals surface area (Å²) in [6.07, 6.45) is 3.69. The highest BCUT2D eigenvalue weighted by molar-refractivity contribution is 7.82. The van der Waals surface area contributed by atoms with E-state index >= 15 is 0 Å². The molecule has 3 rings (SSSR count). The van der Waals surface area contributed by atoms with E-state index in [1.165, 1.54) is 5.69 Å². The Morgan fingerprint density at radius 3 is 2.84 bits per heavy atom. The second-order valence-electron chi connectivity index (χ2n) is 6.27. The van der Waals surface area contributed by atoms with Gasteiger partial charge < -0.3 is 5.73 Å². The molecule has 0 spiro atoms. The Morgan fingerprint density at radius 1 is 1.47 bits per heavy atom. The molecular weight excluding hydrogens is 255 g/mol. The van der Waals surface area contributed by atoms with Gasteiger partial charge in [0.15, 0.2) is 0 Å². The number of nitrogens with two attached hydrogens (primary N) is 1. The fourth-order valence-electron chi connectivity index (χ4n) is 3.75. The van der Waals surface area contributed by atoms with E-state index in [0.717, 1.165) is 31.4 Å². The van der Waals surface area contributed by atoms with Crippen molar-refractivity contribution in [2.24, 2.45) is 11.7 Å². The van der Waals surface area contributed by atoms with Gasteiger partial charge in [0.05, 0.1) is 19.2 Å². The molecule has 0 amide bonds. The molecule has 0 aromatic carbocycles. The molecule has 2 unspecified atom stereocenters. The van der Waals surface area contributed by atoms with Crippen molar-refractivity contribution in [1.82, 2.24) is 15.0 Å².